The third-order valence-electron chi connectivity index (χ3n) is 5.72. The van der Waals surface area contributed by atoms with E-state index in [0.29, 0.717) is 6.42 Å². The first-order chi connectivity index (χ1) is 17.2. The first-order valence-electron chi connectivity index (χ1n) is 12.6. The second kappa shape index (κ2) is 15.2. The van der Waals surface area contributed by atoms with Crippen LogP contribution in [0.5, 0.6) is 5.75 Å². The molecule has 0 aliphatic carbocycles. The third-order valence-corrected chi connectivity index (χ3v) is 5.72. The minimum absolute atomic E-state index is 0.0259. The minimum atomic E-state index is -1.19. The van der Waals surface area contributed by atoms with Crippen LogP contribution in [0, 0.1) is 11.8 Å². The van der Waals surface area contributed by atoms with Crippen LogP contribution >= 0.6 is 0 Å². The molecule has 4 amide bonds. The van der Waals surface area contributed by atoms with Crippen molar-refractivity contribution in [2.75, 3.05) is 7.05 Å². The number of aliphatic hydroxyl groups excluding tert-OH is 1. The van der Waals surface area contributed by atoms with Gasteiger partial charge < -0.3 is 37.2 Å². The van der Waals surface area contributed by atoms with Gasteiger partial charge in [0.15, 0.2) is 0 Å². The number of aliphatic hydroxyl groups is 1. The Morgan fingerprint density at radius 1 is 0.784 bits per heavy atom. The summed E-state index contributed by atoms with van der Waals surface area (Å²) in [6.07, 6.45) is -0.350. The van der Waals surface area contributed by atoms with Gasteiger partial charge in [0, 0.05) is 7.05 Å². The minimum Gasteiger partial charge on any atom is -0.508 e. The van der Waals surface area contributed by atoms with Gasteiger partial charge in [-0.25, -0.2) is 0 Å². The summed E-state index contributed by atoms with van der Waals surface area (Å²) in [5, 5.41) is 29.7. The Labute approximate surface area is 219 Å². The molecule has 1 rings (SSSR count). The summed E-state index contributed by atoms with van der Waals surface area (Å²) in [6.45, 7) is 8.95. The van der Waals surface area contributed by atoms with E-state index in [-0.39, 0.29) is 30.4 Å². The summed E-state index contributed by atoms with van der Waals surface area (Å²) in [7, 11) is 1.39. The lowest BCUT2D eigenvalue weighted by Crippen LogP contribution is -2.59. The average molecular weight is 522 g/mol. The molecular weight excluding hydrogens is 478 g/mol. The molecule has 0 radical (unpaired) electrons. The highest BCUT2D eigenvalue weighted by Crippen LogP contribution is 2.12. The standard InChI is InChI=1S/C26H43N5O6/c1-14(2)11-20(29-23(34)19(27)13-17-7-9-18(33)10-8-17)24(35)30-21(12-15(3)4)25(36)31-22(16(5)32)26(37)28-6/h7-10,14-16,19-22,32-33H,11-13,27H2,1-6H3,(H,28,37)(H,29,34)(H,30,35)(H,31,36)/t16-,19+,20+,21+,22+/m1/s1. The number of hydrogen-bond donors (Lipinski definition) is 7. The van der Waals surface area contributed by atoms with Crippen LogP contribution in [-0.2, 0) is 25.6 Å². The molecule has 1 aromatic rings. The van der Waals surface area contributed by atoms with E-state index in [0.717, 1.165) is 5.56 Å². The fourth-order valence-corrected chi connectivity index (χ4v) is 3.75. The predicted octanol–water partition coefficient (Wildman–Crippen LogP) is -0.0646. The van der Waals surface area contributed by atoms with Crippen LogP contribution in [0.2, 0.25) is 0 Å². The molecule has 0 aliphatic rings. The molecule has 0 saturated heterocycles. The highest BCUT2D eigenvalue weighted by atomic mass is 16.3. The number of carbonyl (C=O) groups is 4. The number of aromatic hydroxyl groups is 1. The number of carbonyl (C=O) groups excluding carboxylic acids is 4. The quantitative estimate of drug-likeness (QED) is 0.179. The summed E-state index contributed by atoms with van der Waals surface area (Å²) in [4.78, 5) is 51.1. The predicted molar refractivity (Wildman–Crippen MR) is 140 cm³/mol. The van der Waals surface area contributed by atoms with Crippen molar-refractivity contribution in [3.05, 3.63) is 29.8 Å². The summed E-state index contributed by atoms with van der Waals surface area (Å²) < 4.78 is 0. The van der Waals surface area contributed by atoms with Crippen molar-refractivity contribution in [3.63, 3.8) is 0 Å². The second-order valence-electron chi connectivity index (χ2n) is 10.2. The number of rotatable bonds is 14. The zero-order valence-electron chi connectivity index (χ0n) is 22.6. The Kier molecular flexibility index (Phi) is 13.0. The Balaban J connectivity index is 2.99. The van der Waals surface area contributed by atoms with Crippen LogP contribution in [-0.4, -0.2) is 71.2 Å². The van der Waals surface area contributed by atoms with Gasteiger partial charge in [-0.2, -0.15) is 0 Å². The third kappa shape index (κ3) is 11.2. The maximum atomic E-state index is 13.2. The van der Waals surface area contributed by atoms with Gasteiger partial charge in [-0.15, -0.1) is 0 Å². The highest BCUT2D eigenvalue weighted by Gasteiger charge is 2.32. The number of benzene rings is 1. The molecule has 0 unspecified atom stereocenters. The van der Waals surface area contributed by atoms with Gasteiger partial charge in [-0.1, -0.05) is 39.8 Å². The monoisotopic (exact) mass is 521 g/mol. The highest BCUT2D eigenvalue weighted by molar-refractivity contribution is 5.95. The van der Waals surface area contributed by atoms with E-state index < -0.39 is 53.9 Å². The van der Waals surface area contributed by atoms with Crippen molar-refractivity contribution >= 4 is 23.6 Å². The number of phenols is 1. The molecule has 0 aromatic heterocycles. The first kappa shape index (κ1) is 31.8. The van der Waals surface area contributed by atoms with Gasteiger partial charge in [0.25, 0.3) is 0 Å². The summed E-state index contributed by atoms with van der Waals surface area (Å²) in [6, 6.07) is 2.28. The van der Waals surface area contributed by atoms with Crippen LogP contribution < -0.4 is 27.0 Å². The van der Waals surface area contributed by atoms with Crippen LogP contribution in [0.4, 0.5) is 0 Å². The Hall–Kier alpha value is -3.18. The molecule has 0 saturated carbocycles. The molecule has 0 spiro atoms. The lowest BCUT2D eigenvalue weighted by atomic mass is 9.99. The lowest BCUT2D eigenvalue weighted by molar-refractivity contribution is -0.135. The zero-order valence-corrected chi connectivity index (χ0v) is 22.6. The Morgan fingerprint density at radius 2 is 1.24 bits per heavy atom. The Morgan fingerprint density at radius 3 is 1.68 bits per heavy atom. The largest absolute Gasteiger partial charge is 0.508 e. The van der Waals surface area contributed by atoms with Crippen LogP contribution in [0.3, 0.4) is 0 Å². The van der Waals surface area contributed by atoms with E-state index in [2.05, 4.69) is 21.3 Å². The maximum Gasteiger partial charge on any atom is 0.245 e. The van der Waals surface area contributed by atoms with Crippen molar-refractivity contribution in [2.45, 2.75) is 84.2 Å². The zero-order chi connectivity index (χ0) is 28.3. The van der Waals surface area contributed by atoms with Crippen molar-refractivity contribution < 1.29 is 29.4 Å². The van der Waals surface area contributed by atoms with E-state index in [9.17, 15) is 29.4 Å². The van der Waals surface area contributed by atoms with E-state index in [1.54, 1.807) is 12.1 Å². The number of likely N-dealkylation sites (N-methyl/N-ethyl adjacent to an activating group) is 1. The fraction of sp³-hybridized carbons (Fsp3) is 0.615. The molecule has 208 valence electrons. The van der Waals surface area contributed by atoms with Crippen molar-refractivity contribution in [1.82, 2.24) is 21.3 Å². The topological polar surface area (TPSA) is 183 Å². The van der Waals surface area contributed by atoms with Gasteiger partial charge in [-0.05, 0) is 55.7 Å². The maximum absolute atomic E-state index is 13.2. The molecule has 1 aromatic carbocycles. The van der Waals surface area contributed by atoms with Gasteiger partial charge in [-0.3, -0.25) is 19.2 Å². The summed E-state index contributed by atoms with van der Waals surface area (Å²) in [5.74, 6) is -2.07. The van der Waals surface area contributed by atoms with Crippen molar-refractivity contribution in [1.29, 1.82) is 0 Å². The molecule has 0 heterocycles. The van der Waals surface area contributed by atoms with Crippen LogP contribution in [0.15, 0.2) is 24.3 Å². The molecule has 37 heavy (non-hydrogen) atoms. The SMILES string of the molecule is CNC(=O)[C@@H](NC(=O)[C@H](CC(C)C)NC(=O)[C@H](CC(C)C)NC(=O)[C@@H](N)Cc1ccc(O)cc1)[C@@H](C)O. The first-order valence-corrected chi connectivity index (χ1v) is 12.6. The van der Waals surface area contributed by atoms with Gasteiger partial charge in [0.1, 0.15) is 23.9 Å². The molecule has 0 fully saturated rings. The normalized spacial score (nSPS) is 15.3. The van der Waals surface area contributed by atoms with Crippen LogP contribution in [0.1, 0.15) is 53.0 Å². The number of phenolic OH excluding ortho intramolecular Hbond substituents is 1. The molecule has 8 N–H and O–H groups in total. The molecule has 0 bridgehead atoms. The van der Waals surface area contributed by atoms with E-state index in [4.69, 9.17) is 5.73 Å². The van der Waals surface area contributed by atoms with Gasteiger partial charge in [0.05, 0.1) is 12.1 Å². The van der Waals surface area contributed by atoms with E-state index >= 15 is 0 Å². The van der Waals surface area contributed by atoms with Gasteiger partial charge in [0.2, 0.25) is 23.6 Å². The van der Waals surface area contributed by atoms with Gasteiger partial charge >= 0.3 is 0 Å². The fourth-order valence-electron chi connectivity index (χ4n) is 3.75. The van der Waals surface area contributed by atoms with E-state index in [1.807, 2.05) is 27.7 Å². The summed E-state index contributed by atoms with van der Waals surface area (Å²) >= 11 is 0. The number of amides is 4. The number of nitrogens with two attached hydrogens (primary N) is 1. The molecule has 5 atom stereocenters. The Bertz CT molecular complexity index is 903. The lowest BCUT2D eigenvalue weighted by Gasteiger charge is -2.27. The average Bonchev–Trinajstić information content (AvgIpc) is 2.81. The molecule has 11 nitrogen and oxygen atoms in total. The molecular formula is C26H43N5O6. The molecule has 0 aliphatic heterocycles. The smallest absolute Gasteiger partial charge is 0.245 e. The van der Waals surface area contributed by atoms with E-state index in [1.165, 1.54) is 26.1 Å². The van der Waals surface area contributed by atoms with Crippen molar-refractivity contribution in [2.24, 2.45) is 17.6 Å². The summed E-state index contributed by atoms with van der Waals surface area (Å²) in [5.41, 5.74) is 6.83. The molecule has 11 heteroatoms. The second-order valence-corrected chi connectivity index (χ2v) is 10.2. The van der Waals surface area contributed by atoms with Crippen molar-refractivity contribution in [3.8, 4) is 5.75 Å². The van der Waals surface area contributed by atoms with Crippen LogP contribution in [0.25, 0.3) is 0 Å². The number of hydrogen-bond acceptors (Lipinski definition) is 7. The number of nitrogens with one attached hydrogen (secondary N) is 4.